The number of halogens is 1. The molecule has 0 saturated carbocycles. The van der Waals surface area contributed by atoms with Gasteiger partial charge in [0.05, 0.1) is 0 Å². The molecule has 21 heavy (non-hydrogen) atoms. The lowest BCUT2D eigenvalue weighted by molar-refractivity contribution is -0.00803. The van der Waals surface area contributed by atoms with Gasteiger partial charge in [-0.25, -0.2) is 0 Å². The number of hydrogen-bond acceptors (Lipinski definition) is 3. The number of hydrogen-bond donors (Lipinski definition) is 1. The third-order valence-corrected chi connectivity index (χ3v) is 4.86. The van der Waals surface area contributed by atoms with Gasteiger partial charge in [-0.3, -0.25) is 0 Å². The molecule has 1 heterocycles. The van der Waals surface area contributed by atoms with E-state index < -0.39 is 0 Å². The van der Waals surface area contributed by atoms with Crippen molar-refractivity contribution < 1.29 is 4.74 Å². The van der Waals surface area contributed by atoms with Crippen molar-refractivity contribution in [3.8, 4) is 0 Å². The molecular weight excluding hydrogens is 284 g/mol. The van der Waals surface area contributed by atoms with Crippen LogP contribution in [-0.2, 0) is 11.2 Å². The number of rotatable bonds is 6. The SMILES string of the molecule is C[C@@H](Cc1ccc(Cl)cc1)NCC1(N(C)C)CCOCC1. The van der Waals surface area contributed by atoms with Crippen LogP contribution in [0.4, 0.5) is 0 Å². The minimum atomic E-state index is 0.229. The summed E-state index contributed by atoms with van der Waals surface area (Å²) in [5.74, 6) is 0. The monoisotopic (exact) mass is 310 g/mol. The second-order valence-electron chi connectivity index (χ2n) is 6.34. The lowest BCUT2D eigenvalue weighted by atomic mass is 9.88. The average Bonchev–Trinajstić information content (AvgIpc) is 2.48. The van der Waals surface area contributed by atoms with Gasteiger partial charge in [-0.05, 0) is 58.0 Å². The molecule has 0 radical (unpaired) electrons. The van der Waals surface area contributed by atoms with Gasteiger partial charge in [-0.1, -0.05) is 23.7 Å². The van der Waals surface area contributed by atoms with E-state index in [1.165, 1.54) is 5.56 Å². The summed E-state index contributed by atoms with van der Waals surface area (Å²) in [5, 5.41) is 4.51. The van der Waals surface area contributed by atoms with Gasteiger partial charge in [-0.15, -0.1) is 0 Å². The molecule has 0 aliphatic carbocycles. The molecule has 2 rings (SSSR count). The van der Waals surface area contributed by atoms with Crippen molar-refractivity contribution in [3.05, 3.63) is 34.9 Å². The van der Waals surface area contributed by atoms with E-state index in [4.69, 9.17) is 16.3 Å². The summed E-state index contributed by atoms with van der Waals surface area (Å²) in [5.41, 5.74) is 1.55. The van der Waals surface area contributed by atoms with E-state index in [1.807, 2.05) is 12.1 Å². The quantitative estimate of drug-likeness (QED) is 0.874. The van der Waals surface area contributed by atoms with Crippen molar-refractivity contribution in [1.82, 2.24) is 10.2 Å². The largest absolute Gasteiger partial charge is 0.381 e. The van der Waals surface area contributed by atoms with Gasteiger partial charge in [-0.2, -0.15) is 0 Å². The Kier molecular flexibility index (Phi) is 6.06. The fourth-order valence-corrected chi connectivity index (χ4v) is 3.07. The Morgan fingerprint density at radius 2 is 1.86 bits per heavy atom. The molecule has 118 valence electrons. The van der Waals surface area contributed by atoms with Crippen LogP contribution in [0.2, 0.25) is 5.02 Å². The smallest absolute Gasteiger partial charge is 0.0484 e. The van der Waals surface area contributed by atoms with Crippen LogP contribution in [0.1, 0.15) is 25.3 Å². The maximum absolute atomic E-state index is 5.93. The van der Waals surface area contributed by atoms with Crippen LogP contribution >= 0.6 is 11.6 Å². The average molecular weight is 311 g/mol. The number of nitrogens with zero attached hydrogens (tertiary/aromatic N) is 1. The minimum absolute atomic E-state index is 0.229. The van der Waals surface area contributed by atoms with Gasteiger partial charge in [0.15, 0.2) is 0 Å². The molecule has 3 nitrogen and oxygen atoms in total. The lowest BCUT2D eigenvalue weighted by Gasteiger charge is -2.43. The highest BCUT2D eigenvalue weighted by Gasteiger charge is 2.34. The summed E-state index contributed by atoms with van der Waals surface area (Å²) >= 11 is 5.93. The van der Waals surface area contributed by atoms with Crippen molar-refractivity contribution in [2.24, 2.45) is 0 Å². The predicted octanol–water partition coefficient (Wildman–Crippen LogP) is 2.97. The van der Waals surface area contributed by atoms with E-state index >= 15 is 0 Å². The van der Waals surface area contributed by atoms with Gasteiger partial charge in [0, 0.05) is 36.4 Å². The first-order valence-corrected chi connectivity index (χ1v) is 8.13. The van der Waals surface area contributed by atoms with E-state index in [9.17, 15) is 0 Å². The molecule has 1 fully saturated rings. The van der Waals surface area contributed by atoms with Crippen LogP contribution in [0.5, 0.6) is 0 Å². The first-order chi connectivity index (χ1) is 10.0. The van der Waals surface area contributed by atoms with Gasteiger partial charge in [0.25, 0.3) is 0 Å². The van der Waals surface area contributed by atoms with Crippen molar-refractivity contribution >= 4 is 11.6 Å². The van der Waals surface area contributed by atoms with Crippen LogP contribution < -0.4 is 5.32 Å². The minimum Gasteiger partial charge on any atom is -0.381 e. The molecule has 1 aliphatic heterocycles. The second kappa shape index (κ2) is 7.59. The first kappa shape index (κ1) is 16.8. The van der Waals surface area contributed by atoms with E-state index in [1.54, 1.807) is 0 Å². The molecule has 1 saturated heterocycles. The fourth-order valence-electron chi connectivity index (χ4n) is 2.94. The summed E-state index contributed by atoms with van der Waals surface area (Å²) < 4.78 is 5.52. The van der Waals surface area contributed by atoms with Gasteiger partial charge in [0.2, 0.25) is 0 Å². The standard InChI is InChI=1S/C17H27ClN2O/c1-14(12-15-4-6-16(18)7-5-15)19-13-17(20(2)3)8-10-21-11-9-17/h4-7,14,19H,8-13H2,1-3H3/t14-/m0/s1. The topological polar surface area (TPSA) is 24.5 Å². The summed E-state index contributed by atoms with van der Waals surface area (Å²) in [6.07, 6.45) is 3.22. The van der Waals surface area contributed by atoms with E-state index in [2.05, 4.69) is 43.4 Å². The number of ether oxygens (including phenoxy) is 1. The van der Waals surface area contributed by atoms with Crippen molar-refractivity contribution in [3.63, 3.8) is 0 Å². The maximum Gasteiger partial charge on any atom is 0.0484 e. The number of nitrogens with one attached hydrogen (secondary N) is 1. The highest BCUT2D eigenvalue weighted by molar-refractivity contribution is 6.30. The molecule has 1 aliphatic rings. The molecule has 1 aromatic rings. The second-order valence-corrected chi connectivity index (χ2v) is 6.78. The summed E-state index contributed by atoms with van der Waals surface area (Å²) in [6.45, 7) is 4.99. The zero-order chi connectivity index (χ0) is 15.3. The Hall–Kier alpha value is -0.610. The van der Waals surface area contributed by atoms with Gasteiger partial charge < -0.3 is 15.0 Å². The Morgan fingerprint density at radius 1 is 1.24 bits per heavy atom. The molecule has 1 atom stereocenters. The molecular formula is C17H27ClN2O. The Balaban J connectivity index is 1.86. The number of likely N-dealkylation sites (N-methyl/N-ethyl adjacent to an activating group) is 1. The van der Waals surface area contributed by atoms with Crippen molar-refractivity contribution in [2.45, 2.75) is 37.8 Å². The molecule has 0 aromatic heterocycles. The first-order valence-electron chi connectivity index (χ1n) is 7.75. The normalized spacial score (nSPS) is 19.7. The van der Waals surface area contributed by atoms with Crippen LogP contribution in [-0.4, -0.2) is 50.3 Å². The van der Waals surface area contributed by atoms with Crippen molar-refractivity contribution in [1.29, 1.82) is 0 Å². The highest BCUT2D eigenvalue weighted by Crippen LogP contribution is 2.25. The van der Waals surface area contributed by atoms with Crippen LogP contribution in [0.25, 0.3) is 0 Å². The molecule has 0 amide bonds. The maximum atomic E-state index is 5.93. The van der Waals surface area contributed by atoms with E-state index in [0.717, 1.165) is 44.0 Å². The highest BCUT2D eigenvalue weighted by atomic mass is 35.5. The van der Waals surface area contributed by atoms with Gasteiger partial charge in [0.1, 0.15) is 0 Å². The summed E-state index contributed by atoms with van der Waals surface area (Å²) in [4.78, 5) is 2.36. The Bertz CT molecular complexity index is 427. The van der Waals surface area contributed by atoms with E-state index in [0.29, 0.717) is 6.04 Å². The number of benzene rings is 1. The zero-order valence-corrected chi connectivity index (χ0v) is 14.1. The Morgan fingerprint density at radius 3 is 2.43 bits per heavy atom. The molecule has 1 aromatic carbocycles. The summed E-state index contributed by atoms with van der Waals surface area (Å²) in [7, 11) is 4.35. The van der Waals surface area contributed by atoms with Crippen LogP contribution in [0.15, 0.2) is 24.3 Å². The van der Waals surface area contributed by atoms with Crippen LogP contribution in [0, 0.1) is 0 Å². The molecule has 4 heteroatoms. The third-order valence-electron chi connectivity index (χ3n) is 4.61. The Labute approximate surface area is 133 Å². The fraction of sp³-hybridized carbons (Fsp3) is 0.647. The molecule has 0 spiro atoms. The lowest BCUT2D eigenvalue weighted by Crippen LogP contribution is -2.56. The molecule has 1 N–H and O–H groups in total. The van der Waals surface area contributed by atoms with Crippen LogP contribution in [0.3, 0.4) is 0 Å². The van der Waals surface area contributed by atoms with Crippen molar-refractivity contribution in [2.75, 3.05) is 33.9 Å². The third kappa shape index (κ3) is 4.68. The van der Waals surface area contributed by atoms with E-state index in [-0.39, 0.29) is 5.54 Å². The zero-order valence-electron chi connectivity index (χ0n) is 13.4. The predicted molar refractivity (Wildman–Crippen MR) is 89.1 cm³/mol. The molecule has 0 unspecified atom stereocenters. The van der Waals surface area contributed by atoms with Gasteiger partial charge >= 0.3 is 0 Å². The summed E-state index contributed by atoms with van der Waals surface area (Å²) in [6, 6.07) is 8.59. The molecule has 0 bridgehead atoms.